The van der Waals surface area contributed by atoms with Crippen LogP contribution in [0.15, 0.2) is 12.3 Å². The number of primary amides is 1. The Bertz CT molecular complexity index is 408. The maximum atomic E-state index is 11.4. The summed E-state index contributed by atoms with van der Waals surface area (Å²) < 4.78 is 0. The molecule has 1 rings (SSSR count). The fourth-order valence-corrected chi connectivity index (χ4v) is 1.06. The zero-order chi connectivity index (χ0) is 11.4. The SMILES string of the molecule is NC(=O)CNC(=O)c1cc(Cl)ncc1N. The van der Waals surface area contributed by atoms with E-state index in [0.717, 1.165) is 0 Å². The molecule has 1 aromatic heterocycles. The summed E-state index contributed by atoms with van der Waals surface area (Å²) in [4.78, 5) is 25.5. The fourth-order valence-electron chi connectivity index (χ4n) is 0.900. The number of rotatable bonds is 3. The highest BCUT2D eigenvalue weighted by Gasteiger charge is 2.11. The molecule has 0 saturated carbocycles. The van der Waals surface area contributed by atoms with Crippen molar-refractivity contribution in [2.24, 2.45) is 5.73 Å². The Kier molecular flexibility index (Phi) is 3.46. The van der Waals surface area contributed by atoms with Crippen LogP contribution in [-0.2, 0) is 4.79 Å². The first kappa shape index (κ1) is 11.3. The molecule has 0 aliphatic rings. The summed E-state index contributed by atoms with van der Waals surface area (Å²) in [7, 11) is 0. The van der Waals surface area contributed by atoms with Crippen LogP contribution in [0.2, 0.25) is 5.15 Å². The molecule has 1 heterocycles. The fraction of sp³-hybridized carbons (Fsp3) is 0.125. The quantitative estimate of drug-likeness (QED) is 0.608. The molecule has 0 spiro atoms. The van der Waals surface area contributed by atoms with Crippen LogP contribution >= 0.6 is 11.6 Å². The second kappa shape index (κ2) is 4.61. The van der Waals surface area contributed by atoms with Crippen LogP contribution in [0.25, 0.3) is 0 Å². The lowest BCUT2D eigenvalue weighted by atomic mass is 10.2. The Labute approximate surface area is 90.6 Å². The van der Waals surface area contributed by atoms with Crippen molar-refractivity contribution >= 4 is 29.1 Å². The zero-order valence-corrected chi connectivity index (χ0v) is 8.41. The van der Waals surface area contributed by atoms with E-state index in [9.17, 15) is 9.59 Å². The first-order chi connectivity index (χ1) is 7.00. The number of hydrogen-bond acceptors (Lipinski definition) is 4. The van der Waals surface area contributed by atoms with E-state index < -0.39 is 11.8 Å². The van der Waals surface area contributed by atoms with E-state index in [-0.39, 0.29) is 22.9 Å². The Morgan fingerprint density at radius 3 is 2.80 bits per heavy atom. The summed E-state index contributed by atoms with van der Waals surface area (Å²) in [5.74, 6) is -1.15. The predicted octanol–water partition coefficient (Wildman–Crippen LogP) is -0.468. The van der Waals surface area contributed by atoms with Crippen LogP contribution < -0.4 is 16.8 Å². The molecule has 2 amide bonds. The van der Waals surface area contributed by atoms with Crippen LogP contribution in [0, 0.1) is 0 Å². The number of nitrogens with one attached hydrogen (secondary N) is 1. The molecule has 0 atom stereocenters. The van der Waals surface area contributed by atoms with Gasteiger partial charge in [-0.05, 0) is 6.07 Å². The third-order valence-electron chi connectivity index (χ3n) is 1.57. The van der Waals surface area contributed by atoms with Gasteiger partial charge in [0.25, 0.3) is 5.91 Å². The molecule has 5 N–H and O–H groups in total. The summed E-state index contributed by atoms with van der Waals surface area (Å²) in [6, 6.07) is 1.31. The van der Waals surface area contributed by atoms with Gasteiger partial charge in [0.15, 0.2) is 0 Å². The van der Waals surface area contributed by atoms with E-state index in [0.29, 0.717) is 0 Å². The molecular weight excluding hydrogens is 220 g/mol. The first-order valence-corrected chi connectivity index (χ1v) is 4.36. The van der Waals surface area contributed by atoms with Gasteiger partial charge in [0.1, 0.15) is 5.15 Å². The average Bonchev–Trinajstić information content (AvgIpc) is 2.18. The van der Waals surface area contributed by atoms with Gasteiger partial charge in [0, 0.05) is 0 Å². The largest absolute Gasteiger partial charge is 0.397 e. The molecule has 0 bridgehead atoms. The lowest BCUT2D eigenvalue weighted by Gasteiger charge is -2.05. The van der Waals surface area contributed by atoms with Crippen LogP contribution in [-0.4, -0.2) is 23.3 Å². The standard InChI is InChI=1S/C8H9ClN4O2/c9-6-1-4(5(10)2-12-6)8(15)13-3-7(11)14/h1-2H,3,10H2,(H2,11,14)(H,13,15). The van der Waals surface area contributed by atoms with E-state index >= 15 is 0 Å². The van der Waals surface area contributed by atoms with E-state index in [1.165, 1.54) is 12.3 Å². The smallest absolute Gasteiger partial charge is 0.253 e. The second-order valence-electron chi connectivity index (χ2n) is 2.74. The topological polar surface area (TPSA) is 111 Å². The minimum atomic E-state index is -0.637. The van der Waals surface area contributed by atoms with Crippen molar-refractivity contribution in [3.8, 4) is 0 Å². The Morgan fingerprint density at radius 2 is 2.20 bits per heavy atom. The highest BCUT2D eigenvalue weighted by atomic mass is 35.5. The van der Waals surface area contributed by atoms with Gasteiger partial charge in [-0.3, -0.25) is 9.59 Å². The molecule has 0 fully saturated rings. The second-order valence-corrected chi connectivity index (χ2v) is 3.13. The number of carbonyl (C=O) groups is 2. The van der Waals surface area contributed by atoms with Gasteiger partial charge in [0.2, 0.25) is 5.91 Å². The number of amides is 2. The molecule has 7 heteroatoms. The summed E-state index contributed by atoms with van der Waals surface area (Å²) in [5.41, 5.74) is 10.7. The molecule has 1 aromatic rings. The van der Waals surface area contributed by atoms with E-state index in [4.69, 9.17) is 23.1 Å². The third-order valence-corrected chi connectivity index (χ3v) is 1.78. The number of nitrogens with zero attached hydrogens (tertiary/aromatic N) is 1. The number of nitrogens with two attached hydrogens (primary N) is 2. The summed E-state index contributed by atoms with van der Waals surface area (Å²) >= 11 is 5.59. The molecule has 80 valence electrons. The molecule has 0 aromatic carbocycles. The number of carbonyl (C=O) groups excluding carboxylic acids is 2. The summed E-state index contributed by atoms with van der Waals surface area (Å²) in [5, 5.41) is 2.43. The van der Waals surface area contributed by atoms with Gasteiger partial charge in [-0.15, -0.1) is 0 Å². The van der Waals surface area contributed by atoms with Gasteiger partial charge < -0.3 is 16.8 Å². The van der Waals surface area contributed by atoms with Crippen molar-refractivity contribution < 1.29 is 9.59 Å². The van der Waals surface area contributed by atoms with Crippen molar-refractivity contribution in [1.29, 1.82) is 0 Å². The molecule has 6 nitrogen and oxygen atoms in total. The summed E-state index contributed by atoms with van der Waals surface area (Å²) in [6.07, 6.45) is 1.27. The van der Waals surface area contributed by atoms with E-state index in [2.05, 4.69) is 10.3 Å². The monoisotopic (exact) mass is 228 g/mol. The van der Waals surface area contributed by atoms with Crippen molar-refractivity contribution in [3.63, 3.8) is 0 Å². The van der Waals surface area contributed by atoms with E-state index in [1.54, 1.807) is 0 Å². The first-order valence-electron chi connectivity index (χ1n) is 3.98. The number of nitrogen functional groups attached to an aromatic ring is 1. The van der Waals surface area contributed by atoms with Gasteiger partial charge in [-0.1, -0.05) is 11.6 Å². The summed E-state index contributed by atoms with van der Waals surface area (Å²) in [6.45, 7) is -0.252. The Balaban J connectivity index is 2.81. The molecule has 0 aliphatic heterocycles. The minimum Gasteiger partial charge on any atom is -0.397 e. The van der Waals surface area contributed by atoms with Crippen LogP contribution in [0.4, 0.5) is 5.69 Å². The van der Waals surface area contributed by atoms with Crippen molar-refractivity contribution in [2.45, 2.75) is 0 Å². The van der Waals surface area contributed by atoms with Crippen LogP contribution in [0.3, 0.4) is 0 Å². The predicted molar refractivity (Wildman–Crippen MR) is 55.2 cm³/mol. The highest BCUT2D eigenvalue weighted by molar-refractivity contribution is 6.29. The molecule has 15 heavy (non-hydrogen) atoms. The van der Waals surface area contributed by atoms with Crippen LogP contribution in [0.1, 0.15) is 10.4 Å². The van der Waals surface area contributed by atoms with Crippen molar-refractivity contribution in [3.05, 3.63) is 23.0 Å². The number of halogens is 1. The molecule has 0 aliphatic carbocycles. The maximum absolute atomic E-state index is 11.4. The van der Waals surface area contributed by atoms with Crippen molar-refractivity contribution in [2.75, 3.05) is 12.3 Å². The van der Waals surface area contributed by atoms with Gasteiger partial charge in [-0.25, -0.2) is 4.98 Å². The number of hydrogen-bond donors (Lipinski definition) is 3. The van der Waals surface area contributed by atoms with E-state index in [1.807, 2.05) is 0 Å². The number of aromatic nitrogens is 1. The van der Waals surface area contributed by atoms with Crippen molar-refractivity contribution in [1.82, 2.24) is 10.3 Å². The maximum Gasteiger partial charge on any atom is 0.253 e. The van der Waals surface area contributed by atoms with Gasteiger partial charge in [-0.2, -0.15) is 0 Å². The normalized spacial score (nSPS) is 9.67. The highest BCUT2D eigenvalue weighted by Crippen LogP contribution is 2.14. The van der Waals surface area contributed by atoms with Gasteiger partial charge in [0.05, 0.1) is 24.0 Å². The third kappa shape index (κ3) is 3.10. The lowest BCUT2D eigenvalue weighted by molar-refractivity contribution is -0.117. The minimum absolute atomic E-state index is 0.147. The number of anilines is 1. The average molecular weight is 229 g/mol. The van der Waals surface area contributed by atoms with Crippen LogP contribution in [0.5, 0.6) is 0 Å². The zero-order valence-electron chi connectivity index (χ0n) is 7.66. The molecule has 0 saturated heterocycles. The molecular formula is C8H9ClN4O2. The Hall–Kier alpha value is -1.82. The lowest BCUT2D eigenvalue weighted by Crippen LogP contribution is -2.33. The molecule has 0 unspecified atom stereocenters. The number of pyridine rings is 1. The molecule has 0 radical (unpaired) electrons. The Morgan fingerprint density at radius 1 is 1.53 bits per heavy atom. The van der Waals surface area contributed by atoms with Gasteiger partial charge >= 0.3 is 0 Å².